The molecule has 1 saturated carbocycles. The highest BCUT2D eigenvalue weighted by Crippen LogP contribution is 2.32. The highest BCUT2D eigenvalue weighted by Gasteiger charge is 2.34. The predicted molar refractivity (Wildman–Crippen MR) is 80.0 cm³/mol. The van der Waals surface area contributed by atoms with Gasteiger partial charge in [0, 0.05) is 24.8 Å². The second kappa shape index (κ2) is 7.01. The first-order chi connectivity index (χ1) is 9.20. The molecule has 0 bridgehead atoms. The molecule has 0 aromatic carbocycles. The average molecular weight is 261 g/mol. The van der Waals surface area contributed by atoms with Crippen molar-refractivity contribution in [3.63, 3.8) is 0 Å². The van der Waals surface area contributed by atoms with Crippen LogP contribution in [0.2, 0.25) is 0 Å². The van der Waals surface area contributed by atoms with Crippen molar-refractivity contribution < 1.29 is 0 Å². The Morgan fingerprint density at radius 3 is 2.74 bits per heavy atom. The Hall–Kier alpha value is -0.930. The number of hydrogen-bond acceptors (Lipinski definition) is 3. The van der Waals surface area contributed by atoms with Gasteiger partial charge in [-0.15, -0.1) is 0 Å². The van der Waals surface area contributed by atoms with Crippen molar-refractivity contribution in [2.45, 2.75) is 52.2 Å². The molecule has 106 valence electrons. The van der Waals surface area contributed by atoms with Crippen molar-refractivity contribution in [1.82, 2.24) is 15.2 Å². The van der Waals surface area contributed by atoms with Crippen LogP contribution in [0.5, 0.6) is 0 Å². The van der Waals surface area contributed by atoms with E-state index in [0.717, 1.165) is 31.6 Å². The molecule has 1 heterocycles. The molecular weight excluding hydrogens is 234 g/mol. The third kappa shape index (κ3) is 4.02. The van der Waals surface area contributed by atoms with Crippen LogP contribution in [-0.4, -0.2) is 35.1 Å². The van der Waals surface area contributed by atoms with Gasteiger partial charge in [-0.3, -0.25) is 9.88 Å². The molecule has 1 aliphatic rings. The van der Waals surface area contributed by atoms with Crippen LogP contribution in [0.3, 0.4) is 0 Å². The minimum atomic E-state index is 0.590. The van der Waals surface area contributed by atoms with Crippen LogP contribution in [0.1, 0.15) is 39.3 Å². The van der Waals surface area contributed by atoms with Crippen LogP contribution < -0.4 is 5.32 Å². The zero-order valence-corrected chi connectivity index (χ0v) is 12.5. The number of rotatable bonds is 7. The van der Waals surface area contributed by atoms with Gasteiger partial charge >= 0.3 is 0 Å². The van der Waals surface area contributed by atoms with Gasteiger partial charge in [-0.05, 0) is 44.0 Å². The fourth-order valence-corrected chi connectivity index (χ4v) is 2.82. The Kier molecular flexibility index (Phi) is 5.34. The smallest absolute Gasteiger partial charge is 0.0544 e. The van der Waals surface area contributed by atoms with E-state index in [4.69, 9.17) is 0 Å². The summed E-state index contributed by atoms with van der Waals surface area (Å²) in [5, 5.41) is 3.58. The number of hydrogen-bond donors (Lipinski definition) is 1. The minimum absolute atomic E-state index is 0.590. The predicted octanol–water partition coefficient (Wildman–Crippen LogP) is 2.68. The molecule has 2 unspecified atom stereocenters. The van der Waals surface area contributed by atoms with Gasteiger partial charge in [0.15, 0.2) is 0 Å². The zero-order valence-electron chi connectivity index (χ0n) is 12.5. The summed E-state index contributed by atoms with van der Waals surface area (Å²) in [6, 6.07) is 7.51. The van der Waals surface area contributed by atoms with Gasteiger partial charge in [-0.2, -0.15) is 0 Å². The van der Waals surface area contributed by atoms with Gasteiger partial charge in [0.05, 0.1) is 5.69 Å². The molecule has 0 spiro atoms. The Morgan fingerprint density at radius 1 is 1.37 bits per heavy atom. The summed E-state index contributed by atoms with van der Waals surface area (Å²) in [5.41, 5.74) is 1.19. The maximum Gasteiger partial charge on any atom is 0.0544 e. The van der Waals surface area contributed by atoms with Gasteiger partial charge < -0.3 is 5.32 Å². The van der Waals surface area contributed by atoms with Crippen molar-refractivity contribution in [1.29, 1.82) is 0 Å². The van der Waals surface area contributed by atoms with E-state index in [9.17, 15) is 0 Å². The summed E-state index contributed by atoms with van der Waals surface area (Å²) < 4.78 is 0. The second-order valence-electron chi connectivity index (χ2n) is 5.85. The van der Waals surface area contributed by atoms with Gasteiger partial charge in [-0.1, -0.05) is 26.8 Å². The molecule has 1 aromatic heterocycles. The summed E-state index contributed by atoms with van der Waals surface area (Å²) in [4.78, 5) is 7.03. The Morgan fingerprint density at radius 2 is 2.21 bits per heavy atom. The topological polar surface area (TPSA) is 28.2 Å². The fraction of sp³-hybridized carbons (Fsp3) is 0.688. The summed E-state index contributed by atoms with van der Waals surface area (Å²) in [6.45, 7) is 9.95. The summed E-state index contributed by atoms with van der Waals surface area (Å²) in [6.07, 6.45) is 4.59. The largest absolute Gasteiger partial charge is 0.314 e. The van der Waals surface area contributed by atoms with Crippen LogP contribution in [0.25, 0.3) is 0 Å². The molecule has 0 aliphatic heterocycles. The molecule has 3 nitrogen and oxygen atoms in total. The molecule has 0 amide bonds. The van der Waals surface area contributed by atoms with E-state index in [1.165, 1.54) is 18.5 Å². The van der Waals surface area contributed by atoms with Gasteiger partial charge in [0.25, 0.3) is 0 Å². The lowest BCUT2D eigenvalue weighted by Gasteiger charge is -2.44. The lowest BCUT2D eigenvalue weighted by molar-refractivity contribution is 0.0578. The Labute approximate surface area is 117 Å². The van der Waals surface area contributed by atoms with Crippen LogP contribution in [0.15, 0.2) is 24.4 Å². The summed E-state index contributed by atoms with van der Waals surface area (Å²) >= 11 is 0. The number of aromatic nitrogens is 1. The average Bonchev–Trinajstić information content (AvgIpc) is 2.37. The third-order valence-electron chi connectivity index (χ3n) is 4.13. The van der Waals surface area contributed by atoms with Crippen molar-refractivity contribution in [3.8, 4) is 0 Å². The van der Waals surface area contributed by atoms with E-state index in [0.29, 0.717) is 6.04 Å². The van der Waals surface area contributed by atoms with E-state index < -0.39 is 0 Å². The molecule has 3 heteroatoms. The van der Waals surface area contributed by atoms with Crippen molar-refractivity contribution >= 4 is 0 Å². The highest BCUT2D eigenvalue weighted by atomic mass is 15.2. The van der Waals surface area contributed by atoms with Crippen LogP contribution in [0.4, 0.5) is 0 Å². The van der Waals surface area contributed by atoms with Crippen LogP contribution in [-0.2, 0) is 6.54 Å². The maximum atomic E-state index is 4.45. The van der Waals surface area contributed by atoms with Crippen molar-refractivity contribution in [2.24, 2.45) is 5.92 Å². The van der Waals surface area contributed by atoms with Gasteiger partial charge in [0.1, 0.15) is 0 Å². The van der Waals surface area contributed by atoms with Crippen LogP contribution >= 0.6 is 0 Å². The molecule has 1 aromatic rings. The summed E-state index contributed by atoms with van der Waals surface area (Å²) in [5.74, 6) is 0.811. The lowest BCUT2D eigenvalue weighted by Crippen LogP contribution is -2.50. The monoisotopic (exact) mass is 261 g/mol. The number of nitrogens with zero attached hydrogens (tertiary/aromatic N) is 2. The number of pyridine rings is 1. The van der Waals surface area contributed by atoms with Crippen LogP contribution in [0, 0.1) is 5.92 Å². The van der Waals surface area contributed by atoms with E-state index in [1.807, 2.05) is 12.3 Å². The number of nitrogens with one attached hydrogen (secondary N) is 1. The molecule has 19 heavy (non-hydrogen) atoms. The van der Waals surface area contributed by atoms with Gasteiger partial charge in [0.2, 0.25) is 0 Å². The Bertz CT molecular complexity index is 364. The quantitative estimate of drug-likeness (QED) is 0.818. The van der Waals surface area contributed by atoms with Gasteiger partial charge in [-0.25, -0.2) is 0 Å². The van der Waals surface area contributed by atoms with E-state index in [-0.39, 0.29) is 0 Å². The molecule has 1 N–H and O–H groups in total. The van der Waals surface area contributed by atoms with E-state index in [1.54, 1.807) is 0 Å². The second-order valence-corrected chi connectivity index (χ2v) is 5.85. The van der Waals surface area contributed by atoms with E-state index >= 15 is 0 Å². The van der Waals surface area contributed by atoms with Crippen molar-refractivity contribution in [2.75, 3.05) is 13.1 Å². The summed E-state index contributed by atoms with van der Waals surface area (Å²) in [7, 11) is 0. The standard InChI is InChI=1S/C16H27N3/c1-4-19(12-15-7-5-6-10-17-15)16-9-8-14(16)11-18-13(2)3/h5-7,10,13-14,16,18H,4,8-9,11-12H2,1-3H3. The van der Waals surface area contributed by atoms with E-state index in [2.05, 4.69) is 48.1 Å². The molecule has 0 radical (unpaired) electrons. The first-order valence-electron chi connectivity index (χ1n) is 7.58. The molecule has 1 fully saturated rings. The van der Waals surface area contributed by atoms with Crippen molar-refractivity contribution in [3.05, 3.63) is 30.1 Å². The highest BCUT2D eigenvalue weighted by molar-refractivity contribution is 5.04. The normalized spacial score (nSPS) is 22.8. The molecule has 2 atom stereocenters. The molecular formula is C16H27N3. The fourth-order valence-electron chi connectivity index (χ4n) is 2.82. The first-order valence-corrected chi connectivity index (χ1v) is 7.58. The SMILES string of the molecule is CCN(Cc1ccccn1)C1CCC1CNC(C)C. The molecule has 1 aliphatic carbocycles. The first kappa shape index (κ1) is 14.5. The Balaban J connectivity index is 1.87. The zero-order chi connectivity index (χ0) is 13.7. The molecule has 0 saturated heterocycles. The minimum Gasteiger partial charge on any atom is -0.314 e. The lowest BCUT2D eigenvalue weighted by atomic mass is 9.78. The molecule has 2 rings (SSSR count). The third-order valence-corrected chi connectivity index (χ3v) is 4.13. The maximum absolute atomic E-state index is 4.45.